The average Bonchev–Trinajstić information content (AvgIpc) is 2.14. The van der Waals surface area contributed by atoms with E-state index in [-0.39, 0.29) is 17.7 Å². The van der Waals surface area contributed by atoms with Gasteiger partial charge in [0.2, 0.25) is 5.91 Å². The molecule has 3 N–H and O–H groups in total. The fourth-order valence-electron chi connectivity index (χ4n) is 0.881. The lowest BCUT2D eigenvalue weighted by molar-refractivity contribution is -0.119. The van der Waals surface area contributed by atoms with Crippen molar-refractivity contribution in [1.29, 1.82) is 0 Å². The maximum atomic E-state index is 11.3. The molecule has 0 heterocycles. The summed E-state index contributed by atoms with van der Waals surface area (Å²) in [7, 11) is -1.06. The molecule has 1 amide bonds. The van der Waals surface area contributed by atoms with Gasteiger partial charge in [-0.15, -0.1) is 0 Å². The standard InChI is InChI=1S/C9H20N2O2S/c1-3-8(2)11-9(12)7-14(13)6-4-5-10/h8H,3-7,10H2,1-2H3,(H,11,12). The summed E-state index contributed by atoms with van der Waals surface area (Å²) in [4.78, 5) is 11.3. The van der Waals surface area contributed by atoms with Crippen molar-refractivity contribution in [3.63, 3.8) is 0 Å². The topological polar surface area (TPSA) is 72.2 Å². The number of nitrogens with two attached hydrogens (primary N) is 1. The molecule has 0 aliphatic carbocycles. The first-order chi connectivity index (χ1) is 6.60. The highest BCUT2D eigenvalue weighted by Gasteiger charge is 2.09. The van der Waals surface area contributed by atoms with Gasteiger partial charge in [-0.25, -0.2) is 0 Å². The van der Waals surface area contributed by atoms with Crippen molar-refractivity contribution in [2.75, 3.05) is 18.1 Å². The second-order valence-corrected chi connectivity index (χ2v) is 4.88. The van der Waals surface area contributed by atoms with Crippen LogP contribution in [0.3, 0.4) is 0 Å². The molecule has 84 valence electrons. The van der Waals surface area contributed by atoms with Crippen LogP contribution < -0.4 is 11.1 Å². The maximum absolute atomic E-state index is 11.3. The van der Waals surface area contributed by atoms with Gasteiger partial charge in [-0.3, -0.25) is 9.00 Å². The number of rotatable bonds is 7. The summed E-state index contributed by atoms with van der Waals surface area (Å²) >= 11 is 0. The molecule has 0 bridgehead atoms. The van der Waals surface area contributed by atoms with Gasteiger partial charge in [0.25, 0.3) is 0 Å². The molecular weight excluding hydrogens is 200 g/mol. The van der Waals surface area contributed by atoms with Crippen molar-refractivity contribution in [2.24, 2.45) is 5.73 Å². The van der Waals surface area contributed by atoms with Crippen LogP contribution in [0.25, 0.3) is 0 Å². The molecule has 2 atom stereocenters. The molecule has 0 fully saturated rings. The molecule has 0 aromatic rings. The highest BCUT2D eigenvalue weighted by atomic mass is 32.2. The summed E-state index contributed by atoms with van der Waals surface area (Å²) in [5, 5.41) is 2.77. The highest BCUT2D eigenvalue weighted by Crippen LogP contribution is 1.90. The largest absolute Gasteiger partial charge is 0.353 e. The Morgan fingerprint density at radius 1 is 1.57 bits per heavy atom. The van der Waals surface area contributed by atoms with Gasteiger partial charge in [-0.1, -0.05) is 6.92 Å². The Hall–Kier alpha value is -0.420. The van der Waals surface area contributed by atoms with Crippen LogP contribution in [0.15, 0.2) is 0 Å². The van der Waals surface area contributed by atoms with Crippen LogP contribution in [0.5, 0.6) is 0 Å². The maximum Gasteiger partial charge on any atom is 0.232 e. The molecule has 4 nitrogen and oxygen atoms in total. The van der Waals surface area contributed by atoms with Crippen LogP contribution in [0.4, 0.5) is 0 Å². The van der Waals surface area contributed by atoms with E-state index in [9.17, 15) is 9.00 Å². The Morgan fingerprint density at radius 3 is 2.71 bits per heavy atom. The third-order valence-electron chi connectivity index (χ3n) is 1.89. The number of nitrogens with one attached hydrogen (secondary N) is 1. The summed E-state index contributed by atoms with van der Waals surface area (Å²) in [6.45, 7) is 4.45. The predicted octanol–water partition coefficient (Wildman–Crippen LogP) is -0.00140. The molecule has 0 saturated carbocycles. The van der Waals surface area contributed by atoms with Crippen molar-refractivity contribution in [3.05, 3.63) is 0 Å². The van der Waals surface area contributed by atoms with E-state index in [1.807, 2.05) is 13.8 Å². The lowest BCUT2D eigenvalue weighted by Crippen LogP contribution is -2.35. The zero-order valence-corrected chi connectivity index (χ0v) is 9.73. The van der Waals surface area contributed by atoms with E-state index < -0.39 is 10.8 Å². The monoisotopic (exact) mass is 220 g/mol. The van der Waals surface area contributed by atoms with Gasteiger partial charge < -0.3 is 11.1 Å². The van der Waals surface area contributed by atoms with Gasteiger partial charge >= 0.3 is 0 Å². The Bertz CT molecular complexity index is 197. The molecule has 0 rings (SSSR count). The van der Waals surface area contributed by atoms with Crippen LogP contribution >= 0.6 is 0 Å². The van der Waals surface area contributed by atoms with E-state index in [0.29, 0.717) is 18.7 Å². The fourth-order valence-corrected chi connectivity index (χ4v) is 1.89. The van der Waals surface area contributed by atoms with Gasteiger partial charge in [0.1, 0.15) is 5.75 Å². The second kappa shape index (κ2) is 7.94. The van der Waals surface area contributed by atoms with Gasteiger partial charge in [0.15, 0.2) is 0 Å². The van der Waals surface area contributed by atoms with Crippen LogP contribution in [0.1, 0.15) is 26.7 Å². The molecule has 5 heteroatoms. The van der Waals surface area contributed by atoms with Crippen molar-refractivity contribution >= 4 is 16.7 Å². The first kappa shape index (κ1) is 13.6. The van der Waals surface area contributed by atoms with Crippen LogP contribution in [-0.4, -0.2) is 34.2 Å². The third kappa shape index (κ3) is 7.03. The summed E-state index contributed by atoms with van der Waals surface area (Å²) in [5.41, 5.74) is 5.27. The lowest BCUT2D eigenvalue weighted by Gasteiger charge is -2.10. The van der Waals surface area contributed by atoms with Crippen molar-refractivity contribution in [1.82, 2.24) is 5.32 Å². The zero-order chi connectivity index (χ0) is 11.0. The number of hydrogen-bond acceptors (Lipinski definition) is 3. The molecular formula is C9H20N2O2S. The van der Waals surface area contributed by atoms with E-state index in [4.69, 9.17) is 5.73 Å². The molecule has 0 aliphatic rings. The Morgan fingerprint density at radius 2 is 2.21 bits per heavy atom. The van der Waals surface area contributed by atoms with Crippen molar-refractivity contribution < 1.29 is 9.00 Å². The minimum absolute atomic E-state index is 0.102. The molecule has 0 aromatic heterocycles. The number of carbonyl (C=O) groups excluding carboxylic acids is 1. The van der Waals surface area contributed by atoms with Gasteiger partial charge in [0.05, 0.1) is 0 Å². The highest BCUT2D eigenvalue weighted by molar-refractivity contribution is 7.85. The number of amides is 1. The smallest absolute Gasteiger partial charge is 0.232 e. The summed E-state index contributed by atoms with van der Waals surface area (Å²) in [5.74, 6) is 0.490. The van der Waals surface area contributed by atoms with E-state index >= 15 is 0 Å². The Labute approximate surface area is 88.1 Å². The molecule has 0 aliphatic heterocycles. The van der Waals surface area contributed by atoms with E-state index in [1.165, 1.54) is 0 Å². The first-order valence-electron chi connectivity index (χ1n) is 4.94. The Balaban J connectivity index is 3.66. The van der Waals surface area contributed by atoms with Crippen molar-refractivity contribution in [2.45, 2.75) is 32.7 Å². The number of hydrogen-bond donors (Lipinski definition) is 2. The average molecular weight is 220 g/mol. The molecule has 0 saturated heterocycles. The summed E-state index contributed by atoms with van der Waals surface area (Å²) < 4.78 is 11.3. The summed E-state index contributed by atoms with van der Waals surface area (Å²) in [6.07, 6.45) is 1.60. The van der Waals surface area contributed by atoms with E-state index in [0.717, 1.165) is 6.42 Å². The molecule has 0 spiro atoms. The van der Waals surface area contributed by atoms with Crippen LogP contribution in [0.2, 0.25) is 0 Å². The van der Waals surface area contributed by atoms with Gasteiger partial charge in [0, 0.05) is 22.6 Å². The lowest BCUT2D eigenvalue weighted by atomic mass is 10.3. The zero-order valence-electron chi connectivity index (χ0n) is 8.91. The normalized spacial score (nSPS) is 14.8. The van der Waals surface area contributed by atoms with E-state index in [1.54, 1.807) is 0 Å². The van der Waals surface area contributed by atoms with Crippen LogP contribution in [-0.2, 0) is 15.6 Å². The summed E-state index contributed by atoms with van der Waals surface area (Å²) in [6, 6.07) is 0.161. The predicted molar refractivity (Wildman–Crippen MR) is 59.4 cm³/mol. The van der Waals surface area contributed by atoms with Crippen molar-refractivity contribution in [3.8, 4) is 0 Å². The third-order valence-corrected chi connectivity index (χ3v) is 3.22. The molecule has 14 heavy (non-hydrogen) atoms. The number of carbonyl (C=O) groups is 1. The Kier molecular flexibility index (Phi) is 7.70. The molecule has 0 radical (unpaired) electrons. The van der Waals surface area contributed by atoms with Gasteiger partial charge in [-0.2, -0.15) is 0 Å². The van der Waals surface area contributed by atoms with Crippen LogP contribution in [0, 0.1) is 0 Å². The molecule has 2 unspecified atom stereocenters. The molecule has 0 aromatic carbocycles. The van der Waals surface area contributed by atoms with Gasteiger partial charge in [-0.05, 0) is 26.3 Å². The minimum Gasteiger partial charge on any atom is -0.353 e. The SMILES string of the molecule is CCC(C)NC(=O)CS(=O)CCCN. The fraction of sp³-hybridized carbons (Fsp3) is 0.889. The minimum atomic E-state index is -1.06. The quantitative estimate of drug-likeness (QED) is 0.634. The first-order valence-corrected chi connectivity index (χ1v) is 6.43. The second-order valence-electron chi connectivity index (χ2n) is 3.31. The van der Waals surface area contributed by atoms with E-state index in [2.05, 4.69) is 5.32 Å².